The molecule has 1 aromatic rings. The predicted molar refractivity (Wildman–Crippen MR) is 73.8 cm³/mol. The molecule has 2 N–H and O–H groups in total. The van der Waals surface area contributed by atoms with Crippen molar-refractivity contribution >= 4 is 17.7 Å². The summed E-state index contributed by atoms with van der Waals surface area (Å²) in [4.78, 5) is 23.2. The number of anilines is 1. The summed E-state index contributed by atoms with van der Waals surface area (Å²) in [6.07, 6.45) is 0. The van der Waals surface area contributed by atoms with Gasteiger partial charge in [0.1, 0.15) is 5.82 Å². The normalized spacial score (nSPS) is 13.2. The third-order valence-electron chi connectivity index (χ3n) is 2.85. The summed E-state index contributed by atoms with van der Waals surface area (Å²) in [5.74, 6) is -1.27. The molecule has 0 spiro atoms. The molecule has 0 radical (unpaired) electrons. The third kappa shape index (κ3) is 4.87. The largest absolute Gasteiger partial charge is 0.466 e. The fourth-order valence-corrected chi connectivity index (χ4v) is 1.54. The van der Waals surface area contributed by atoms with E-state index in [-0.39, 0.29) is 5.97 Å². The first-order valence-electron chi connectivity index (χ1n) is 6.43. The molecule has 0 heterocycles. The van der Waals surface area contributed by atoms with Gasteiger partial charge in [0.25, 0.3) is 0 Å². The molecular formula is C14H19FN2O3. The Morgan fingerprint density at radius 1 is 1.35 bits per heavy atom. The average Bonchev–Trinajstić information content (AvgIpc) is 2.37. The van der Waals surface area contributed by atoms with Crippen molar-refractivity contribution in [1.29, 1.82) is 0 Å². The maximum atomic E-state index is 13.0. The van der Waals surface area contributed by atoms with Crippen molar-refractivity contribution in [3.8, 4) is 0 Å². The number of hydrogen-bond acceptors (Lipinski definition) is 3. The number of nitrogens with one attached hydrogen (secondary N) is 2. The highest BCUT2D eigenvalue weighted by atomic mass is 19.1. The van der Waals surface area contributed by atoms with Crippen LogP contribution in [0.25, 0.3) is 0 Å². The van der Waals surface area contributed by atoms with Crippen LogP contribution < -0.4 is 10.6 Å². The van der Waals surface area contributed by atoms with Gasteiger partial charge in [0.2, 0.25) is 0 Å². The average molecular weight is 282 g/mol. The van der Waals surface area contributed by atoms with Gasteiger partial charge in [-0.3, -0.25) is 4.79 Å². The van der Waals surface area contributed by atoms with Gasteiger partial charge in [0.15, 0.2) is 0 Å². The molecule has 20 heavy (non-hydrogen) atoms. The zero-order chi connectivity index (χ0) is 15.1. The molecule has 0 saturated carbocycles. The number of rotatable bonds is 5. The Hall–Kier alpha value is -2.11. The lowest BCUT2D eigenvalue weighted by molar-refractivity contribution is -0.148. The van der Waals surface area contributed by atoms with E-state index in [4.69, 9.17) is 4.74 Å². The zero-order valence-electron chi connectivity index (χ0n) is 11.8. The van der Waals surface area contributed by atoms with E-state index in [1.807, 2.05) is 0 Å². The van der Waals surface area contributed by atoms with Crippen LogP contribution in [0.1, 0.15) is 20.8 Å². The van der Waals surface area contributed by atoms with Crippen LogP contribution in [0.15, 0.2) is 24.3 Å². The molecule has 0 unspecified atom stereocenters. The summed E-state index contributed by atoms with van der Waals surface area (Å²) in [6.45, 7) is 5.39. The Balaban J connectivity index is 2.51. The quantitative estimate of drug-likeness (QED) is 0.815. The Bertz CT molecular complexity index is 479. The molecule has 5 nitrogen and oxygen atoms in total. The highest BCUT2D eigenvalue weighted by molar-refractivity contribution is 5.89. The van der Waals surface area contributed by atoms with Gasteiger partial charge in [-0.05, 0) is 39.0 Å². The molecule has 0 aliphatic heterocycles. The van der Waals surface area contributed by atoms with Crippen LogP contribution in [0.4, 0.5) is 14.9 Å². The standard InChI is InChI=1S/C14H19FN2O3/c1-4-20-13(18)9(2)10(3)16-14(19)17-12-7-5-6-11(15)8-12/h5-10H,4H2,1-3H3,(H2,16,17,19)/t9-,10+/m1/s1. The number of amides is 2. The minimum atomic E-state index is -0.501. The molecule has 2 amide bonds. The number of ether oxygens (including phenoxy) is 1. The summed E-state index contributed by atoms with van der Waals surface area (Å²) in [5, 5.41) is 5.11. The number of urea groups is 1. The fraction of sp³-hybridized carbons (Fsp3) is 0.429. The first kappa shape index (κ1) is 15.9. The van der Waals surface area contributed by atoms with Gasteiger partial charge in [0.05, 0.1) is 12.5 Å². The smallest absolute Gasteiger partial charge is 0.319 e. The second-order valence-electron chi connectivity index (χ2n) is 4.44. The van der Waals surface area contributed by atoms with E-state index in [0.29, 0.717) is 12.3 Å². The Kier molecular flexibility index (Phi) is 5.96. The van der Waals surface area contributed by atoms with Gasteiger partial charge in [-0.25, -0.2) is 9.18 Å². The van der Waals surface area contributed by atoms with E-state index in [0.717, 1.165) is 0 Å². The number of carbonyl (C=O) groups excluding carboxylic acids is 2. The molecule has 0 aromatic heterocycles. The van der Waals surface area contributed by atoms with Crippen molar-refractivity contribution < 1.29 is 18.7 Å². The van der Waals surface area contributed by atoms with Crippen LogP contribution in [-0.4, -0.2) is 24.6 Å². The van der Waals surface area contributed by atoms with Gasteiger partial charge < -0.3 is 15.4 Å². The molecule has 0 saturated heterocycles. The topological polar surface area (TPSA) is 67.4 Å². The maximum absolute atomic E-state index is 13.0. The Morgan fingerprint density at radius 3 is 2.65 bits per heavy atom. The van der Waals surface area contributed by atoms with Crippen molar-refractivity contribution in [2.24, 2.45) is 5.92 Å². The van der Waals surface area contributed by atoms with Crippen LogP contribution in [0, 0.1) is 11.7 Å². The first-order chi connectivity index (χ1) is 9.43. The monoisotopic (exact) mass is 282 g/mol. The summed E-state index contributed by atoms with van der Waals surface area (Å²) >= 11 is 0. The summed E-state index contributed by atoms with van der Waals surface area (Å²) in [7, 11) is 0. The lowest BCUT2D eigenvalue weighted by atomic mass is 10.0. The van der Waals surface area contributed by atoms with E-state index in [2.05, 4.69) is 10.6 Å². The van der Waals surface area contributed by atoms with Crippen molar-refractivity contribution in [2.45, 2.75) is 26.8 Å². The van der Waals surface area contributed by atoms with E-state index in [1.54, 1.807) is 26.8 Å². The molecule has 110 valence electrons. The minimum absolute atomic E-state index is 0.297. The van der Waals surface area contributed by atoms with Gasteiger partial charge in [-0.2, -0.15) is 0 Å². The highest BCUT2D eigenvalue weighted by Gasteiger charge is 2.22. The minimum Gasteiger partial charge on any atom is -0.466 e. The van der Waals surface area contributed by atoms with Crippen molar-refractivity contribution in [3.63, 3.8) is 0 Å². The number of halogens is 1. The molecule has 0 aliphatic carbocycles. The second-order valence-corrected chi connectivity index (χ2v) is 4.44. The molecule has 2 atom stereocenters. The fourth-order valence-electron chi connectivity index (χ4n) is 1.54. The van der Waals surface area contributed by atoms with Gasteiger partial charge >= 0.3 is 12.0 Å². The zero-order valence-corrected chi connectivity index (χ0v) is 11.8. The van der Waals surface area contributed by atoms with Crippen LogP contribution in [0.3, 0.4) is 0 Å². The number of benzene rings is 1. The molecular weight excluding hydrogens is 263 g/mol. The number of carbonyl (C=O) groups is 2. The first-order valence-corrected chi connectivity index (χ1v) is 6.43. The van der Waals surface area contributed by atoms with E-state index in [1.165, 1.54) is 18.2 Å². The summed E-state index contributed by atoms with van der Waals surface area (Å²) < 4.78 is 17.8. The second kappa shape index (κ2) is 7.47. The van der Waals surface area contributed by atoms with Crippen LogP contribution in [-0.2, 0) is 9.53 Å². The Morgan fingerprint density at radius 2 is 2.05 bits per heavy atom. The van der Waals surface area contributed by atoms with Gasteiger partial charge in [-0.1, -0.05) is 6.07 Å². The molecule has 0 bridgehead atoms. The van der Waals surface area contributed by atoms with E-state index >= 15 is 0 Å². The summed E-state index contributed by atoms with van der Waals surface area (Å²) in [6, 6.07) is 4.66. The van der Waals surface area contributed by atoms with Crippen molar-refractivity contribution in [2.75, 3.05) is 11.9 Å². The lowest BCUT2D eigenvalue weighted by Crippen LogP contribution is -2.42. The SMILES string of the molecule is CCOC(=O)[C@H](C)[C@H](C)NC(=O)Nc1cccc(F)c1. The van der Waals surface area contributed by atoms with Crippen molar-refractivity contribution in [3.05, 3.63) is 30.1 Å². The lowest BCUT2D eigenvalue weighted by Gasteiger charge is -2.20. The third-order valence-corrected chi connectivity index (χ3v) is 2.85. The van der Waals surface area contributed by atoms with Crippen LogP contribution in [0.5, 0.6) is 0 Å². The van der Waals surface area contributed by atoms with E-state index < -0.39 is 23.8 Å². The van der Waals surface area contributed by atoms with Crippen LogP contribution in [0.2, 0.25) is 0 Å². The predicted octanol–water partition coefficient (Wildman–Crippen LogP) is 2.53. The molecule has 1 aromatic carbocycles. The Labute approximate surface area is 117 Å². The van der Waals surface area contributed by atoms with Gasteiger partial charge in [-0.15, -0.1) is 0 Å². The van der Waals surface area contributed by atoms with E-state index in [9.17, 15) is 14.0 Å². The maximum Gasteiger partial charge on any atom is 0.319 e. The molecule has 0 fully saturated rings. The molecule has 1 rings (SSSR count). The number of hydrogen-bond donors (Lipinski definition) is 2. The summed E-state index contributed by atoms with van der Waals surface area (Å²) in [5.41, 5.74) is 0.346. The van der Waals surface area contributed by atoms with Gasteiger partial charge in [0, 0.05) is 11.7 Å². The molecule has 0 aliphatic rings. The van der Waals surface area contributed by atoms with Crippen molar-refractivity contribution in [1.82, 2.24) is 5.32 Å². The highest BCUT2D eigenvalue weighted by Crippen LogP contribution is 2.10. The molecule has 6 heteroatoms. The van der Waals surface area contributed by atoms with Crippen LogP contribution >= 0.6 is 0 Å². The number of esters is 1.